The summed E-state index contributed by atoms with van der Waals surface area (Å²) < 4.78 is 5.10. The molecule has 3 N–H and O–H groups in total. The van der Waals surface area contributed by atoms with E-state index in [-0.39, 0.29) is 24.8 Å². The van der Waals surface area contributed by atoms with Crippen molar-refractivity contribution >= 4 is 29.4 Å². The molecule has 0 saturated carbocycles. The molecule has 0 aliphatic carbocycles. The molecule has 0 bridgehead atoms. The monoisotopic (exact) mass is 423 g/mol. The topological polar surface area (TPSA) is 130 Å². The molecular weight excluding hydrogens is 402 g/mol. The highest BCUT2D eigenvalue weighted by atomic mass is 16.5. The first kappa shape index (κ1) is 20.3. The summed E-state index contributed by atoms with van der Waals surface area (Å²) in [6, 6.07) is 7.61. The van der Waals surface area contributed by atoms with Crippen molar-refractivity contribution in [2.75, 3.05) is 12.4 Å². The van der Waals surface area contributed by atoms with Gasteiger partial charge in [-0.15, -0.1) is 0 Å². The van der Waals surface area contributed by atoms with Crippen molar-refractivity contribution in [3.05, 3.63) is 53.2 Å². The van der Waals surface area contributed by atoms with Gasteiger partial charge in [-0.1, -0.05) is 12.1 Å². The van der Waals surface area contributed by atoms with E-state index in [2.05, 4.69) is 20.9 Å². The summed E-state index contributed by atoms with van der Waals surface area (Å²) in [5.41, 5.74) is 2.48. The predicted octanol–water partition coefficient (Wildman–Crippen LogP) is 1.17. The van der Waals surface area contributed by atoms with E-state index in [1.54, 1.807) is 24.4 Å². The minimum Gasteiger partial charge on any atom is -0.480 e. The average Bonchev–Trinajstić information content (AvgIpc) is 3.08. The summed E-state index contributed by atoms with van der Waals surface area (Å²) in [5, 5.41) is 7.68. The molecule has 1 atom stereocenters. The van der Waals surface area contributed by atoms with Crippen molar-refractivity contribution in [1.82, 2.24) is 20.5 Å². The number of carbonyl (C=O) groups is 4. The van der Waals surface area contributed by atoms with Gasteiger partial charge in [0.2, 0.25) is 17.7 Å². The number of benzene rings is 1. The number of methoxy groups -OCH3 is 1. The Bertz CT molecular complexity index is 1070. The lowest BCUT2D eigenvalue weighted by Crippen LogP contribution is -2.52. The van der Waals surface area contributed by atoms with Crippen LogP contribution in [0.1, 0.15) is 34.3 Å². The fourth-order valence-corrected chi connectivity index (χ4v) is 3.71. The Morgan fingerprint density at radius 3 is 2.90 bits per heavy atom. The molecule has 1 unspecified atom stereocenters. The highest BCUT2D eigenvalue weighted by molar-refractivity contribution is 6.05. The summed E-state index contributed by atoms with van der Waals surface area (Å²) in [4.78, 5) is 54.1. The van der Waals surface area contributed by atoms with E-state index < -0.39 is 18.0 Å². The van der Waals surface area contributed by atoms with Gasteiger partial charge >= 0.3 is 6.03 Å². The number of carbonyl (C=O) groups excluding carboxylic acids is 4. The fourth-order valence-electron chi connectivity index (χ4n) is 3.71. The molecule has 10 heteroatoms. The standard InChI is InChI=1S/C21H21N5O5/c1-31-19-15(3-2-8-22-19)24-21(30)23-10-12-4-5-13-11-26(20(29)14(13)9-12)16-6-7-17(27)25-18(16)28/h2-5,8-9,16H,6-7,10-11H2,1H3,(H2,23,24,30)(H,25,27,28). The summed E-state index contributed by atoms with van der Waals surface area (Å²) in [6.45, 7) is 0.517. The number of piperidine rings is 1. The molecule has 0 spiro atoms. The first-order valence-electron chi connectivity index (χ1n) is 9.76. The lowest BCUT2D eigenvalue weighted by atomic mass is 10.0. The van der Waals surface area contributed by atoms with E-state index in [0.29, 0.717) is 30.1 Å². The zero-order valence-electron chi connectivity index (χ0n) is 16.8. The van der Waals surface area contributed by atoms with Gasteiger partial charge in [-0.3, -0.25) is 19.7 Å². The summed E-state index contributed by atoms with van der Waals surface area (Å²) >= 11 is 0. The van der Waals surface area contributed by atoms with Gasteiger partial charge in [-0.2, -0.15) is 0 Å². The van der Waals surface area contributed by atoms with Gasteiger partial charge in [0.25, 0.3) is 5.91 Å². The molecule has 31 heavy (non-hydrogen) atoms. The third-order valence-electron chi connectivity index (χ3n) is 5.26. The maximum atomic E-state index is 12.9. The van der Waals surface area contributed by atoms with Crippen LogP contribution in [0.25, 0.3) is 0 Å². The Balaban J connectivity index is 1.39. The van der Waals surface area contributed by atoms with E-state index in [0.717, 1.165) is 11.1 Å². The van der Waals surface area contributed by atoms with Gasteiger partial charge in [0.1, 0.15) is 11.7 Å². The zero-order chi connectivity index (χ0) is 22.0. The van der Waals surface area contributed by atoms with Gasteiger partial charge in [-0.05, 0) is 35.7 Å². The molecular formula is C21H21N5O5. The van der Waals surface area contributed by atoms with Gasteiger partial charge in [0.15, 0.2) is 0 Å². The Hall–Kier alpha value is -3.95. The molecule has 1 aromatic heterocycles. The number of fused-ring (bicyclic) bond motifs is 1. The Morgan fingerprint density at radius 2 is 2.13 bits per heavy atom. The molecule has 10 nitrogen and oxygen atoms in total. The van der Waals surface area contributed by atoms with E-state index in [9.17, 15) is 19.2 Å². The van der Waals surface area contributed by atoms with Crippen molar-refractivity contribution in [1.29, 1.82) is 0 Å². The SMILES string of the molecule is COc1ncccc1NC(=O)NCc1ccc2c(c1)C(=O)N(C1CCC(=O)NC1=O)C2. The number of rotatable bonds is 5. The minimum atomic E-state index is -0.653. The van der Waals surface area contributed by atoms with Gasteiger partial charge in [0.05, 0.1) is 7.11 Å². The smallest absolute Gasteiger partial charge is 0.319 e. The lowest BCUT2D eigenvalue weighted by Gasteiger charge is -2.29. The Kier molecular flexibility index (Phi) is 5.52. The number of nitrogens with one attached hydrogen (secondary N) is 3. The number of ether oxygens (including phenoxy) is 1. The van der Waals surface area contributed by atoms with Crippen LogP contribution < -0.4 is 20.7 Å². The molecule has 2 aliphatic heterocycles. The molecule has 2 aliphatic rings. The van der Waals surface area contributed by atoms with Crippen LogP contribution in [0, 0.1) is 0 Å². The molecule has 1 fully saturated rings. The van der Waals surface area contributed by atoms with Crippen LogP contribution in [0.4, 0.5) is 10.5 Å². The largest absolute Gasteiger partial charge is 0.480 e. The summed E-state index contributed by atoms with van der Waals surface area (Å²) in [7, 11) is 1.46. The summed E-state index contributed by atoms with van der Waals surface area (Å²) in [6.07, 6.45) is 2.08. The molecule has 5 amide bonds. The molecule has 4 rings (SSSR count). The van der Waals surface area contributed by atoms with Crippen molar-refractivity contribution in [2.45, 2.75) is 32.0 Å². The van der Waals surface area contributed by atoms with E-state index in [1.807, 2.05) is 12.1 Å². The first-order valence-corrected chi connectivity index (χ1v) is 9.76. The lowest BCUT2D eigenvalue weighted by molar-refractivity contribution is -0.136. The zero-order valence-corrected chi connectivity index (χ0v) is 16.8. The molecule has 160 valence electrons. The normalized spacial score (nSPS) is 17.8. The van der Waals surface area contributed by atoms with E-state index in [1.165, 1.54) is 12.0 Å². The van der Waals surface area contributed by atoms with Crippen LogP contribution in [0.5, 0.6) is 5.88 Å². The first-order chi connectivity index (χ1) is 15.0. The van der Waals surface area contributed by atoms with E-state index in [4.69, 9.17) is 4.74 Å². The Labute approximate surface area is 178 Å². The average molecular weight is 423 g/mol. The summed E-state index contributed by atoms with van der Waals surface area (Å²) in [5.74, 6) is -0.715. The molecule has 2 aromatic rings. The number of hydrogen-bond acceptors (Lipinski definition) is 6. The molecule has 1 aromatic carbocycles. The quantitative estimate of drug-likeness (QED) is 0.619. The van der Waals surface area contributed by atoms with Crippen molar-refractivity contribution in [3.8, 4) is 5.88 Å². The van der Waals surface area contributed by atoms with Crippen LogP contribution in [0.2, 0.25) is 0 Å². The molecule has 3 heterocycles. The van der Waals surface area contributed by atoms with E-state index >= 15 is 0 Å². The number of pyridine rings is 1. The van der Waals surface area contributed by atoms with Gasteiger partial charge < -0.3 is 20.3 Å². The third-order valence-corrected chi connectivity index (χ3v) is 5.26. The van der Waals surface area contributed by atoms with Crippen LogP contribution in [0.15, 0.2) is 36.5 Å². The van der Waals surface area contributed by atoms with Crippen LogP contribution in [-0.4, -0.2) is 46.8 Å². The number of imide groups is 1. The second-order valence-electron chi connectivity index (χ2n) is 7.26. The second kappa shape index (κ2) is 8.42. The van der Waals surface area contributed by atoms with Crippen molar-refractivity contribution in [2.24, 2.45) is 0 Å². The number of urea groups is 1. The van der Waals surface area contributed by atoms with Crippen molar-refractivity contribution < 1.29 is 23.9 Å². The number of aromatic nitrogens is 1. The maximum absolute atomic E-state index is 12.9. The second-order valence-corrected chi connectivity index (χ2v) is 7.26. The Morgan fingerprint density at radius 1 is 1.29 bits per heavy atom. The van der Waals surface area contributed by atoms with Crippen LogP contribution in [0.3, 0.4) is 0 Å². The molecule has 0 radical (unpaired) electrons. The minimum absolute atomic E-state index is 0.202. The number of hydrogen-bond donors (Lipinski definition) is 3. The highest BCUT2D eigenvalue weighted by Gasteiger charge is 2.39. The number of amides is 5. The number of anilines is 1. The predicted molar refractivity (Wildman–Crippen MR) is 109 cm³/mol. The fraction of sp³-hybridized carbons (Fsp3) is 0.286. The van der Waals surface area contributed by atoms with Crippen LogP contribution >= 0.6 is 0 Å². The highest BCUT2D eigenvalue weighted by Crippen LogP contribution is 2.28. The van der Waals surface area contributed by atoms with Crippen molar-refractivity contribution in [3.63, 3.8) is 0 Å². The third kappa shape index (κ3) is 4.18. The van der Waals surface area contributed by atoms with Gasteiger partial charge in [-0.25, -0.2) is 9.78 Å². The number of nitrogens with zero attached hydrogens (tertiary/aromatic N) is 2. The van der Waals surface area contributed by atoms with Gasteiger partial charge in [0, 0.05) is 31.3 Å². The maximum Gasteiger partial charge on any atom is 0.319 e. The molecule has 1 saturated heterocycles. The van der Waals surface area contributed by atoms with Crippen LogP contribution in [-0.2, 0) is 22.7 Å².